The molecule has 0 bridgehead atoms. The summed E-state index contributed by atoms with van der Waals surface area (Å²) >= 11 is 6.28. The predicted octanol–water partition coefficient (Wildman–Crippen LogP) is 3.20. The van der Waals surface area contributed by atoms with Gasteiger partial charge in [0.05, 0.1) is 16.8 Å². The molecule has 100 valence electrons. The fourth-order valence-corrected chi connectivity index (χ4v) is 2.70. The summed E-state index contributed by atoms with van der Waals surface area (Å²) in [7, 11) is 0. The van der Waals surface area contributed by atoms with Gasteiger partial charge in [0.25, 0.3) is 0 Å². The minimum atomic E-state index is 0.252. The van der Waals surface area contributed by atoms with Crippen molar-refractivity contribution >= 4 is 11.6 Å². The lowest BCUT2D eigenvalue weighted by atomic mass is 9.89. The van der Waals surface area contributed by atoms with Gasteiger partial charge in [0.2, 0.25) is 0 Å². The fourth-order valence-electron chi connectivity index (χ4n) is 2.46. The van der Waals surface area contributed by atoms with Crippen LogP contribution in [-0.2, 0) is 4.74 Å². The van der Waals surface area contributed by atoms with Gasteiger partial charge >= 0.3 is 0 Å². The zero-order chi connectivity index (χ0) is 12.8. The van der Waals surface area contributed by atoms with E-state index in [-0.39, 0.29) is 6.04 Å². The van der Waals surface area contributed by atoms with Gasteiger partial charge in [0.1, 0.15) is 0 Å². The Balaban J connectivity index is 2.15. The fraction of sp³-hybridized carbons (Fsp3) is 0.643. The Morgan fingerprint density at radius 3 is 2.94 bits per heavy atom. The molecular weight excluding hydrogens is 248 g/mol. The molecule has 0 amide bonds. The van der Waals surface area contributed by atoms with Gasteiger partial charge in [-0.3, -0.25) is 4.98 Å². The van der Waals surface area contributed by atoms with Gasteiger partial charge in [-0.15, -0.1) is 0 Å². The van der Waals surface area contributed by atoms with E-state index >= 15 is 0 Å². The largest absolute Gasteiger partial charge is 0.381 e. The highest BCUT2D eigenvalue weighted by Crippen LogP contribution is 2.32. The lowest BCUT2D eigenvalue weighted by Crippen LogP contribution is -2.33. The average molecular weight is 269 g/mol. The number of aromatic nitrogens is 1. The lowest BCUT2D eigenvalue weighted by molar-refractivity contribution is 0.0531. The Morgan fingerprint density at radius 1 is 1.50 bits per heavy atom. The molecule has 18 heavy (non-hydrogen) atoms. The number of hydrogen-bond acceptors (Lipinski definition) is 3. The number of nitrogens with one attached hydrogen (secondary N) is 1. The standard InChI is InChI=1S/C14H21ClN2O/c1-2-7-16-13(11-5-9-18-10-6-11)14-12(15)4-3-8-17-14/h3-4,8,11,13,16H,2,5-7,9-10H2,1H3. The highest BCUT2D eigenvalue weighted by molar-refractivity contribution is 6.31. The summed E-state index contributed by atoms with van der Waals surface area (Å²) in [5.74, 6) is 0.567. The molecule has 1 aliphatic heterocycles. The minimum Gasteiger partial charge on any atom is -0.381 e. The maximum Gasteiger partial charge on any atom is 0.0761 e. The van der Waals surface area contributed by atoms with Gasteiger partial charge in [-0.05, 0) is 43.9 Å². The molecule has 0 saturated carbocycles. The summed E-state index contributed by atoms with van der Waals surface area (Å²) in [6.45, 7) is 4.86. The first kappa shape index (κ1) is 13.8. The number of hydrogen-bond donors (Lipinski definition) is 1. The van der Waals surface area contributed by atoms with Crippen LogP contribution in [-0.4, -0.2) is 24.7 Å². The zero-order valence-corrected chi connectivity index (χ0v) is 11.6. The molecule has 0 aliphatic carbocycles. The SMILES string of the molecule is CCCNC(c1ncccc1Cl)C1CCOCC1. The molecular formula is C14H21ClN2O. The molecule has 2 heterocycles. The highest BCUT2D eigenvalue weighted by Gasteiger charge is 2.27. The summed E-state index contributed by atoms with van der Waals surface area (Å²) in [5.41, 5.74) is 0.986. The van der Waals surface area contributed by atoms with Crippen molar-refractivity contribution in [1.82, 2.24) is 10.3 Å². The van der Waals surface area contributed by atoms with Crippen LogP contribution in [0.3, 0.4) is 0 Å². The van der Waals surface area contributed by atoms with Crippen molar-refractivity contribution in [1.29, 1.82) is 0 Å². The molecule has 2 rings (SSSR count). The second kappa shape index (κ2) is 7.07. The average Bonchev–Trinajstić information content (AvgIpc) is 2.42. The van der Waals surface area contributed by atoms with Crippen LogP contribution in [0.5, 0.6) is 0 Å². The van der Waals surface area contributed by atoms with Crippen LogP contribution in [0, 0.1) is 5.92 Å². The third-order valence-electron chi connectivity index (χ3n) is 3.43. The van der Waals surface area contributed by atoms with Crippen molar-refractivity contribution in [2.24, 2.45) is 5.92 Å². The van der Waals surface area contributed by atoms with E-state index in [4.69, 9.17) is 16.3 Å². The second-order valence-corrected chi connectivity index (χ2v) is 5.16. The van der Waals surface area contributed by atoms with Gasteiger partial charge in [0, 0.05) is 19.4 Å². The van der Waals surface area contributed by atoms with Crippen molar-refractivity contribution in [3.8, 4) is 0 Å². The van der Waals surface area contributed by atoms with Crippen molar-refractivity contribution in [3.05, 3.63) is 29.0 Å². The van der Waals surface area contributed by atoms with E-state index in [0.29, 0.717) is 5.92 Å². The normalized spacial score (nSPS) is 18.8. The molecule has 0 aromatic carbocycles. The number of ether oxygens (including phenoxy) is 1. The Hall–Kier alpha value is -0.640. The smallest absolute Gasteiger partial charge is 0.0761 e. The first-order chi connectivity index (χ1) is 8.83. The molecule has 1 N–H and O–H groups in total. The van der Waals surface area contributed by atoms with Gasteiger partial charge in [0.15, 0.2) is 0 Å². The van der Waals surface area contributed by atoms with Gasteiger partial charge in [-0.1, -0.05) is 18.5 Å². The van der Waals surface area contributed by atoms with Crippen LogP contribution < -0.4 is 5.32 Å². The molecule has 1 fully saturated rings. The van der Waals surface area contributed by atoms with Crippen LogP contribution in [0.15, 0.2) is 18.3 Å². The molecule has 1 unspecified atom stereocenters. The number of rotatable bonds is 5. The molecule has 1 aliphatic rings. The Morgan fingerprint density at radius 2 is 2.28 bits per heavy atom. The maximum absolute atomic E-state index is 6.28. The summed E-state index contributed by atoms with van der Waals surface area (Å²) in [4.78, 5) is 4.47. The van der Waals surface area contributed by atoms with E-state index in [1.807, 2.05) is 18.3 Å². The van der Waals surface area contributed by atoms with Crippen LogP contribution >= 0.6 is 11.6 Å². The summed E-state index contributed by atoms with van der Waals surface area (Å²) in [6.07, 6.45) is 5.09. The topological polar surface area (TPSA) is 34.2 Å². The van der Waals surface area contributed by atoms with Crippen molar-refractivity contribution < 1.29 is 4.74 Å². The predicted molar refractivity (Wildman–Crippen MR) is 73.8 cm³/mol. The Kier molecular flexibility index (Phi) is 5.42. The van der Waals surface area contributed by atoms with Crippen molar-refractivity contribution in [2.75, 3.05) is 19.8 Å². The summed E-state index contributed by atoms with van der Waals surface area (Å²) in [5, 5.41) is 4.36. The number of nitrogens with zero attached hydrogens (tertiary/aromatic N) is 1. The van der Waals surface area contributed by atoms with Crippen molar-refractivity contribution in [3.63, 3.8) is 0 Å². The molecule has 1 atom stereocenters. The van der Waals surface area contributed by atoms with Crippen molar-refractivity contribution in [2.45, 2.75) is 32.2 Å². The summed E-state index contributed by atoms with van der Waals surface area (Å²) in [6, 6.07) is 4.05. The van der Waals surface area contributed by atoms with E-state index in [1.54, 1.807) is 0 Å². The molecule has 1 aromatic rings. The van der Waals surface area contributed by atoms with E-state index < -0.39 is 0 Å². The van der Waals surface area contributed by atoms with Crippen LogP contribution in [0.25, 0.3) is 0 Å². The monoisotopic (exact) mass is 268 g/mol. The zero-order valence-electron chi connectivity index (χ0n) is 10.9. The molecule has 3 nitrogen and oxygen atoms in total. The van der Waals surface area contributed by atoms with Gasteiger partial charge in [-0.25, -0.2) is 0 Å². The quantitative estimate of drug-likeness (QED) is 0.891. The number of pyridine rings is 1. The first-order valence-electron chi connectivity index (χ1n) is 6.74. The molecule has 1 saturated heterocycles. The van der Waals surface area contributed by atoms with E-state index in [0.717, 1.165) is 49.7 Å². The van der Waals surface area contributed by atoms with Crippen LogP contribution in [0.4, 0.5) is 0 Å². The third kappa shape index (κ3) is 3.44. The minimum absolute atomic E-state index is 0.252. The second-order valence-electron chi connectivity index (χ2n) is 4.75. The van der Waals surface area contributed by atoms with E-state index in [2.05, 4.69) is 17.2 Å². The lowest BCUT2D eigenvalue weighted by Gasteiger charge is -2.31. The van der Waals surface area contributed by atoms with Gasteiger partial charge < -0.3 is 10.1 Å². The highest BCUT2D eigenvalue weighted by atomic mass is 35.5. The van der Waals surface area contributed by atoms with Crippen LogP contribution in [0.2, 0.25) is 5.02 Å². The maximum atomic E-state index is 6.28. The molecule has 1 aromatic heterocycles. The van der Waals surface area contributed by atoms with E-state index in [9.17, 15) is 0 Å². The van der Waals surface area contributed by atoms with Gasteiger partial charge in [-0.2, -0.15) is 0 Å². The molecule has 4 heteroatoms. The summed E-state index contributed by atoms with van der Waals surface area (Å²) < 4.78 is 5.44. The number of halogens is 1. The first-order valence-corrected chi connectivity index (χ1v) is 7.12. The molecule has 0 radical (unpaired) electrons. The Bertz CT molecular complexity index is 367. The Labute approximate surface area is 114 Å². The third-order valence-corrected chi connectivity index (χ3v) is 3.75. The van der Waals surface area contributed by atoms with E-state index in [1.165, 1.54) is 0 Å². The van der Waals surface area contributed by atoms with Crippen LogP contribution in [0.1, 0.15) is 37.9 Å². The molecule has 0 spiro atoms.